The van der Waals surface area contributed by atoms with Gasteiger partial charge in [0, 0.05) is 39.4 Å². The summed E-state index contributed by atoms with van der Waals surface area (Å²) >= 11 is 0. The van der Waals surface area contributed by atoms with Crippen LogP contribution in [0.15, 0.2) is 40.1 Å². The Morgan fingerprint density at radius 3 is 2.18 bits per heavy atom. The summed E-state index contributed by atoms with van der Waals surface area (Å²) in [4.78, 5) is 10.4. The third kappa shape index (κ3) is 3.52. The molecule has 0 radical (unpaired) electrons. The molecule has 2 aromatic rings. The van der Waals surface area contributed by atoms with Crippen LogP contribution in [0.5, 0.6) is 0 Å². The van der Waals surface area contributed by atoms with Crippen molar-refractivity contribution in [2.75, 3.05) is 5.32 Å². The van der Waals surface area contributed by atoms with E-state index in [0.717, 1.165) is 6.07 Å². The van der Waals surface area contributed by atoms with E-state index in [-0.39, 0.29) is 16.5 Å². The molecule has 2 rings (SSSR count). The van der Waals surface area contributed by atoms with Gasteiger partial charge in [-0.25, -0.2) is 16.8 Å². The SMILES string of the molecule is CC(=O)Nc1cccc2cc(S(=O)(=O)Cl)cc(S(=O)(=O)Cl)c12. The highest BCUT2D eigenvalue weighted by atomic mass is 35.7. The molecule has 0 aliphatic rings. The molecular weight excluding hydrogens is 373 g/mol. The van der Waals surface area contributed by atoms with Crippen LogP contribution >= 0.6 is 21.4 Å². The Hall–Kier alpha value is -1.35. The summed E-state index contributed by atoms with van der Waals surface area (Å²) in [6, 6.07) is 6.55. The first-order chi connectivity index (χ1) is 10.00. The number of hydrogen-bond donors (Lipinski definition) is 1. The molecule has 0 aliphatic carbocycles. The van der Waals surface area contributed by atoms with Gasteiger partial charge in [0.05, 0.1) is 9.79 Å². The highest BCUT2D eigenvalue weighted by molar-refractivity contribution is 8.14. The number of nitrogens with one attached hydrogen (secondary N) is 1. The minimum absolute atomic E-state index is 0.108. The molecule has 0 bridgehead atoms. The first-order valence-electron chi connectivity index (χ1n) is 5.74. The number of carbonyl (C=O) groups excluding carboxylic acids is 1. The highest BCUT2D eigenvalue weighted by Crippen LogP contribution is 2.35. The van der Waals surface area contributed by atoms with E-state index in [2.05, 4.69) is 5.32 Å². The Bertz CT molecular complexity index is 984. The molecule has 0 aliphatic heterocycles. The van der Waals surface area contributed by atoms with Gasteiger partial charge in [0.1, 0.15) is 0 Å². The highest BCUT2D eigenvalue weighted by Gasteiger charge is 2.22. The smallest absolute Gasteiger partial charge is 0.262 e. The zero-order valence-corrected chi connectivity index (χ0v) is 14.1. The molecule has 0 saturated heterocycles. The van der Waals surface area contributed by atoms with Crippen molar-refractivity contribution >= 4 is 61.8 Å². The number of halogens is 2. The average Bonchev–Trinajstić information content (AvgIpc) is 2.34. The van der Waals surface area contributed by atoms with Crippen molar-refractivity contribution in [1.29, 1.82) is 0 Å². The molecule has 1 amide bonds. The van der Waals surface area contributed by atoms with Gasteiger partial charge in [-0.2, -0.15) is 0 Å². The number of hydrogen-bond acceptors (Lipinski definition) is 5. The number of rotatable bonds is 3. The van der Waals surface area contributed by atoms with E-state index in [0.29, 0.717) is 0 Å². The molecule has 22 heavy (non-hydrogen) atoms. The Balaban J connectivity index is 2.99. The third-order valence-electron chi connectivity index (χ3n) is 2.77. The molecule has 118 valence electrons. The molecule has 10 heteroatoms. The maximum atomic E-state index is 11.8. The Labute approximate surface area is 135 Å². The van der Waals surface area contributed by atoms with Gasteiger partial charge in [-0.05, 0) is 23.6 Å². The van der Waals surface area contributed by atoms with Crippen LogP contribution in [0.25, 0.3) is 10.8 Å². The lowest BCUT2D eigenvalue weighted by Gasteiger charge is -2.11. The molecule has 0 atom stereocenters. The normalized spacial score (nSPS) is 12.3. The monoisotopic (exact) mass is 381 g/mol. The van der Waals surface area contributed by atoms with E-state index in [4.69, 9.17) is 21.4 Å². The molecule has 2 aromatic carbocycles. The average molecular weight is 382 g/mol. The van der Waals surface area contributed by atoms with Crippen LogP contribution in [0, 0.1) is 0 Å². The molecule has 0 aromatic heterocycles. The van der Waals surface area contributed by atoms with Crippen molar-refractivity contribution in [2.45, 2.75) is 16.7 Å². The summed E-state index contributed by atoms with van der Waals surface area (Å²) in [5.74, 6) is -0.417. The molecule has 6 nitrogen and oxygen atoms in total. The van der Waals surface area contributed by atoms with Gasteiger partial charge in [-0.3, -0.25) is 4.79 Å². The van der Waals surface area contributed by atoms with E-state index in [9.17, 15) is 21.6 Å². The van der Waals surface area contributed by atoms with Crippen molar-refractivity contribution < 1.29 is 21.6 Å². The summed E-state index contributed by atoms with van der Waals surface area (Å²) in [7, 11) is 2.24. The van der Waals surface area contributed by atoms with E-state index < -0.39 is 33.8 Å². The van der Waals surface area contributed by atoms with Crippen molar-refractivity contribution in [1.82, 2.24) is 0 Å². The fraction of sp³-hybridized carbons (Fsp3) is 0.0833. The first kappa shape index (κ1) is 17.0. The molecule has 0 heterocycles. The third-order valence-corrected chi connectivity index (χ3v) is 5.45. The van der Waals surface area contributed by atoms with Crippen molar-refractivity contribution in [3.8, 4) is 0 Å². The number of benzene rings is 2. The van der Waals surface area contributed by atoms with Crippen LogP contribution in [-0.2, 0) is 22.9 Å². The van der Waals surface area contributed by atoms with Gasteiger partial charge >= 0.3 is 0 Å². The summed E-state index contributed by atoms with van der Waals surface area (Å²) in [5, 5.41) is 2.84. The molecular formula is C12H9Cl2NO5S2. The predicted molar refractivity (Wildman–Crippen MR) is 84.3 cm³/mol. The summed E-state index contributed by atoms with van der Waals surface area (Å²) in [6.45, 7) is 1.26. The molecule has 0 saturated carbocycles. The zero-order chi connectivity index (χ0) is 16.7. The Morgan fingerprint density at radius 2 is 1.68 bits per heavy atom. The summed E-state index contributed by atoms with van der Waals surface area (Å²) in [6.07, 6.45) is 0. The van der Waals surface area contributed by atoms with Crippen molar-refractivity contribution in [3.05, 3.63) is 30.3 Å². The van der Waals surface area contributed by atoms with E-state index in [1.807, 2.05) is 0 Å². The molecule has 0 fully saturated rings. The van der Waals surface area contributed by atoms with Gasteiger partial charge in [0.25, 0.3) is 18.1 Å². The van der Waals surface area contributed by atoms with Crippen LogP contribution in [-0.4, -0.2) is 22.7 Å². The standard InChI is InChI=1S/C12H9Cl2NO5S2/c1-7(16)15-10-4-2-3-8-5-9(21(13,17)18)6-11(12(8)10)22(14,19)20/h2-6H,1H3,(H,15,16). The lowest BCUT2D eigenvalue weighted by molar-refractivity contribution is -0.114. The van der Waals surface area contributed by atoms with Crippen molar-refractivity contribution in [3.63, 3.8) is 0 Å². The van der Waals surface area contributed by atoms with Crippen LogP contribution in [0.2, 0.25) is 0 Å². The summed E-state index contributed by atoms with van der Waals surface area (Å²) < 4.78 is 46.5. The number of anilines is 1. The second-order valence-electron chi connectivity index (χ2n) is 4.38. The minimum Gasteiger partial charge on any atom is -0.326 e. The van der Waals surface area contributed by atoms with E-state index >= 15 is 0 Å². The van der Waals surface area contributed by atoms with E-state index in [1.165, 1.54) is 31.2 Å². The topological polar surface area (TPSA) is 97.4 Å². The fourth-order valence-corrected chi connectivity index (χ4v) is 3.96. The number of carbonyl (C=O) groups is 1. The van der Waals surface area contributed by atoms with Crippen molar-refractivity contribution in [2.24, 2.45) is 0 Å². The lowest BCUT2D eigenvalue weighted by atomic mass is 10.1. The Morgan fingerprint density at radius 1 is 1.05 bits per heavy atom. The van der Waals surface area contributed by atoms with Gasteiger partial charge in [-0.15, -0.1) is 0 Å². The van der Waals surface area contributed by atoms with E-state index in [1.54, 1.807) is 0 Å². The van der Waals surface area contributed by atoms with Crippen LogP contribution < -0.4 is 5.32 Å². The first-order valence-corrected chi connectivity index (χ1v) is 10.4. The Kier molecular flexibility index (Phi) is 4.40. The second kappa shape index (κ2) is 5.69. The fourth-order valence-electron chi connectivity index (χ4n) is 1.99. The zero-order valence-electron chi connectivity index (χ0n) is 11.0. The lowest BCUT2D eigenvalue weighted by Crippen LogP contribution is -2.07. The van der Waals surface area contributed by atoms with Crippen LogP contribution in [0.3, 0.4) is 0 Å². The summed E-state index contributed by atoms with van der Waals surface area (Å²) in [5.41, 5.74) is 0.197. The minimum atomic E-state index is -4.27. The predicted octanol–water partition coefficient (Wildman–Crippen LogP) is 2.65. The maximum absolute atomic E-state index is 11.8. The maximum Gasteiger partial charge on any atom is 0.262 e. The molecule has 1 N–H and O–H groups in total. The quantitative estimate of drug-likeness (QED) is 0.824. The number of amides is 1. The second-order valence-corrected chi connectivity index (χ2v) is 9.48. The van der Waals surface area contributed by atoms with Crippen LogP contribution in [0.1, 0.15) is 6.92 Å². The largest absolute Gasteiger partial charge is 0.326 e. The van der Waals surface area contributed by atoms with Gasteiger partial charge in [-0.1, -0.05) is 12.1 Å². The van der Waals surface area contributed by atoms with Gasteiger partial charge in [0.15, 0.2) is 0 Å². The molecule has 0 unspecified atom stereocenters. The van der Waals surface area contributed by atoms with Crippen LogP contribution in [0.4, 0.5) is 5.69 Å². The number of fused-ring (bicyclic) bond motifs is 1. The molecule has 0 spiro atoms. The van der Waals surface area contributed by atoms with Gasteiger partial charge in [0.2, 0.25) is 5.91 Å². The van der Waals surface area contributed by atoms with Gasteiger partial charge < -0.3 is 5.32 Å².